The van der Waals surface area contributed by atoms with E-state index >= 15 is 0 Å². The number of methoxy groups -OCH3 is 2. The molecule has 0 saturated carbocycles. The van der Waals surface area contributed by atoms with Gasteiger partial charge in [0.15, 0.2) is 11.5 Å². The molecule has 108 valence electrons. The summed E-state index contributed by atoms with van der Waals surface area (Å²) < 4.78 is 12.8. The minimum atomic E-state index is 0.717. The summed E-state index contributed by atoms with van der Waals surface area (Å²) >= 11 is 0. The molecule has 0 fully saturated rings. The third kappa shape index (κ3) is 3.11. The average molecular weight is 275 g/mol. The largest absolute Gasteiger partial charge is 0.493 e. The lowest BCUT2D eigenvalue weighted by Gasteiger charge is -2.11. The van der Waals surface area contributed by atoms with Crippen molar-refractivity contribution in [1.29, 1.82) is 0 Å². The van der Waals surface area contributed by atoms with Gasteiger partial charge in [-0.15, -0.1) is 0 Å². The van der Waals surface area contributed by atoms with Gasteiger partial charge in [0.25, 0.3) is 0 Å². The first-order chi connectivity index (χ1) is 9.80. The van der Waals surface area contributed by atoms with Crippen molar-refractivity contribution in [3.63, 3.8) is 0 Å². The summed E-state index contributed by atoms with van der Waals surface area (Å²) in [6.07, 6.45) is 4.89. The summed E-state index contributed by atoms with van der Waals surface area (Å²) in [5, 5.41) is 3.15. The maximum Gasteiger partial charge on any atom is 0.161 e. The molecule has 5 heteroatoms. The summed E-state index contributed by atoms with van der Waals surface area (Å²) in [6.45, 7) is 1.92. The number of nitrogens with zero attached hydrogens (tertiary/aromatic N) is 2. The topological polar surface area (TPSA) is 48.3 Å². The molecular formula is C15H21N3O2. The predicted molar refractivity (Wildman–Crippen MR) is 79.3 cm³/mol. The number of hydrogen-bond donors (Lipinski definition) is 1. The van der Waals surface area contributed by atoms with Crippen molar-refractivity contribution in [2.75, 3.05) is 27.8 Å². The second kappa shape index (κ2) is 6.96. The van der Waals surface area contributed by atoms with Gasteiger partial charge >= 0.3 is 0 Å². The van der Waals surface area contributed by atoms with Crippen LogP contribution in [-0.4, -0.2) is 37.4 Å². The predicted octanol–water partition coefficient (Wildman–Crippen LogP) is 2.18. The molecular weight excluding hydrogens is 254 g/mol. The van der Waals surface area contributed by atoms with Gasteiger partial charge in [0, 0.05) is 24.5 Å². The highest BCUT2D eigenvalue weighted by atomic mass is 16.5. The lowest BCUT2D eigenvalue weighted by atomic mass is 10.2. The van der Waals surface area contributed by atoms with E-state index in [2.05, 4.69) is 14.9 Å². The molecule has 0 atom stereocenters. The zero-order valence-electron chi connectivity index (χ0n) is 12.2. The van der Waals surface area contributed by atoms with Crippen molar-refractivity contribution >= 4 is 0 Å². The van der Waals surface area contributed by atoms with E-state index in [4.69, 9.17) is 9.47 Å². The highest BCUT2D eigenvalue weighted by Gasteiger charge is 2.10. The van der Waals surface area contributed by atoms with Gasteiger partial charge < -0.3 is 19.4 Å². The summed E-state index contributed by atoms with van der Waals surface area (Å²) in [7, 11) is 5.24. The number of rotatable bonds is 7. The zero-order valence-corrected chi connectivity index (χ0v) is 12.2. The third-order valence-electron chi connectivity index (χ3n) is 3.18. The van der Waals surface area contributed by atoms with Gasteiger partial charge in [0.05, 0.1) is 14.2 Å². The Labute approximate surface area is 119 Å². The quantitative estimate of drug-likeness (QED) is 0.787. The highest BCUT2D eigenvalue weighted by molar-refractivity contribution is 5.61. The summed E-state index contributed by atoms with van der Waals surface area (Å²) in [4.78, 5) is 4.44. The molecule has 1 N–H and O–H groups in total. The lowest BCUT2D eigenvalue weighted by molar-refractivity contribution is 0.355. The van der Waals surface area contributed by atoms with Crippen molar-refractivity contribution in [2.24, 2.45) is 0 Å². The Kier molecular flexibility index (Phi) is 5.01. The number of benzene rings is 1. The fourth-order valence-corrected chi connectivity index (χ4v) is 2.15. The molecule has 20 heavy (non-hydrogen) atoms. The van der Waals surface area contributed by atoms with Crippen LogP contribution in [0.15, 0.2) is 30.6 Å². The summed E-state index contributed by atoms with van der Waals surface area (Å²) in [5.41, 5.74) is 1.03. The van der Waals surface area contributed by atoms with Crippen molar-refractivity contribution < 1.29 is 9.47 Å². The fourth-order valence-electron chi connectivity index (χ4n) is 2.15. The van der Waals surface area contributed by atoms with Gasteiger partial charge in [0.2, 0.25) is 0 Å². The van der Waals surface area contributed by atoms with Gasteiger partial charge in [-0.1, -0.05) is 0 Å². The molecule has 2 aromatic rings. The number of hydrogen-bond acceptors (Lipinski definition) is 4. The number of aryl methyl sites for hydroxylation is 1. The molecule has 0 spiro atoms. The van der Waals surface area contributed by atoms with Crippen molar-refractivity contribution in [3.05, 3.63) is 30.6 Å². The van der Waals surface area contributed by atoms with Gasteiger partial charge in [0.1, 0.15) is 5.82 Å². The van der Waals surface area contributed by atoms with Crippen molar-refractivity contribution in [3.8, 4) is 22.9 Å². The third-order valence-corrected chi connectivity index (χ3v) is 3.18. The second-order valence-corrected chi connectivity index (χ2v) is 4.47. The number of nitrogens with one attached hydrogen (secondary N) is 1. The standard InChI is InChI=1S/C15H21N3O2/c1-16-7-4-9-18-10-8-17-15(18)12-5-6-13(19-2)14(11-12)20-3/h5-6,8,10-11,16H,4,7,9H2,1-3H3. The van der Waals surface area contributed by atoms with Gasteiger partial charge in [-0.25, -0.2) is 4.98 Å². The van der Waals surface area contributed by atoms with Crippen LogP contribution in [0.5, 0.6) is 11.5 Å². The second-order valence-electron chi connectivity index (χ2n) is 4.47. The molecule has 1 aromatic carbocycles. The number of imidazole rings is 1. The van der Waals surface area contributed by atoms with E-state index in [-0.39, 0.29) is 0 Å². The summed E-state index contributed by atoms with van der Waals surface area (Å²) in [6, 6.07) is 5.86. The Bertz CT molecular complexity index is 552. The van der Waals surface area contributed by atoms with E-state index in [1.54, 1.807) is 14.2 Å². The van der Waals surface area contributed by atoms with Crippen LogP contribution in [-0.2, 0) is 6.54 Å². The van der Waals surface area contributed by atoms with Crippen LogP contribution in [0.4, 0.5) is 0 Å². The van der Waals surface area contributed by atoms with Crippen molar-refractivity contribution in [1.82, 2.24) is 14.9 Å². The van der Waals surface area contributed by atoms with E-state index in [1.165, 1.54) is 0 Å². The summed E-state index contributed by atoms with van der Waals surface area (Å²) in [5.74, 6) is 2.39. The smallest absolute Gasteiger partial charge is 0.161 e. The molecule has 0 unspecified atom stereocenters. The first-order valence-electron chi connectivity index (χ1n) is 6.68. The van der Waals surface area contributed by atoms with Crippen LogP contribution in [0.1, 0.15) is 6.42 Å². The Morgan fingerprint density at radius 3 is 2.70 bits per heavy atom. The Hall–Kier alpha value is -2.01. The van der Waals surface area contributed by atoms with E-state index < -0.39 is 0 Å². The molecule has 0 aliphatic carbocycles. The first-order valence-corrected chi connectivity index (χ1v) is 6.68. The van der Waals surface area contributed by atoms with E-state index in [0.29, 0.717) is 0 Å². The van der Waals surface area contributed by atoms with Crippen LogP contribution >= 0.6 is 0 Å². The minimum Gasteiger partial charge on any atom is -0.493 e. The van der Waals surface area contributed by atoms with Crippen molar-refractivity contribution in [2.45, 2.75) is 13.0 Å². The molecule has 5 nitrogen and oxygen atoms in total. The minimum absolute atomic E-state index is 0.717. The SMILES string of the molecule is CNCCCn1ccnc1-c1ccc(OC)c(OC)c1. The van der Waals surface area contributed by atoms with Crippen LogP contribution < -0.4 is 14.8 Å². The van der Waals surface area contributed by atoms with Crippen LogP contribution in [0.3, 0.4) is 0 Å². The molecule has 0 bridgehead atoms. The molecule has 0 saturated heterocycles. The maximum absolute atomic E-state index is 5.34. The molecule has 1 aromatic heterocycles. The zero-order chi connectivity index (χ0) is 14.4. The normalized spacial score (nSPS) is 10.6. The molecule has 1 heterocycles. The first kappa shape index (κ1) is 14.4. The number of ether oxygens (including phenoxy) is 2. The van der Waals surface area contributed by atoms with Gasteiger partial charge in [-0.2, -0.15) is 0 Å². The monoisotopic (exact) mass is 275 g/mol. The van der Waals surface area contributed by atoms with E-state index in [9.17, 15) is 0 Å². The Morgan fingerprint density at radius 2 is 2.00 bits per heavy atom. The van der Waals surface area contributed by atoms with Gasteiger partial charge in [-0.05, 0) is 38.2 Å². The van der Waals surface area contributed by atoms with Gasteiger partial charge in [-0.3, -0.25) is 0 Å². The molecule has 0 aliphatic heterocycles. The molecule has 0 radical (unpaired) electrons. The average Bonchev–Trinajstić information content (AvgIpc) is 2.95. The Balaban J connectivity index is 2.25. The van der Waals surface area contributed by atoms with Crippen LogP contribution in [0.25, 0.3) is 11.4 Å². The van der Waals surface area contributed by atoms with E-state index in [1.807, 2.05) is 37.6 Å². The molecule has 2 rings (SSSR count). The lowest BCUT2D eigenvalue weighted by Crippen LogP contribution is -2.11. The number of aromatic nitrogens is 2. The highest BCUT2D eigenvalue weighted by Crippen LogP contribution is 2.31. The molecule has 0 amide bonds. The maximum atomic E-state index is 5.34. The Morgan fingerprint density at radius 1 is 1.20 bits per heavy atom. The van der Waals surface area contributed by atoms with Crippen LogP contribution in [0, 0.1) is 0 Å². The molecule has 0 aliphatic rings. The van der Waals surface area contributed by atoms with Crippen LogP contribution in [0.2, 0.25) is 0 Å². The fraction of sp³-hybridized carbons (Fsp3) is 0.400. The van der Waals surface area contributed by atoms with E-state index in [0.717, 1.165) is 42.4 Å².